The molecule has 1 fully saturated rings. The first-order valence-corrected chi connectivity index (χ1v) is 6.32. The van der Waals surface area contributed by atoms with Crippen LogP contribution in [0.5, 0.6) is 0 Å². The zero-order valence-corrected chi connectivity index (χ0v) is 10.3. The number of morpholine rings is 1. The number of nitrogens with zero attached hydrogens (tertiary/aromatic N) is 1. The SMILES string of the molecule is O=C(c1cc(S)cs1)N1CCOC(CO)C1. The second-order valence-electron chi connectivity index (χ2n) is 3.60. The van der Waals surface area contributed by atoms with Gasteiger partial charge in [0.2, 0.25) is 0 Å². The van der Waals surface area contributed by atoms with Gasteiger partial charge in [0.15, 0.2) is 0 Å². The first-order chi connectivity index (χ1) is 7.70. The van der Waals surface area contributed by atoms with Gasteiger partial charge < -0.3 is 14.7 Å². The molecule has 4 nitrogen and oxygen atoms in total. The Morgan fingerprint density at radius 2 is 2.56 bits per heavy atom. The molecule has 16 heavy (non-hydrogen) atoms. The molecule has 0 bridgehead atoms. The number of rotatable bonds is 2. The zero-order chi connectivity index (χ0) is 11.5. The number of carbonyl (C=O) groups is 1. The summed E-state index contributed by atoms with van der Waals surface area (Å²) < 4.78 is 5.29. The predicted molar refractivity (Wildman–Crippen MR) is 64.3 cm³/mol. The third kappa shape index (κ3) is 2.57. The van der Waals surface area contributed by atoms with Gasteiger partial charge >= 0.3 is 0 Å². The highest BCUT2D eigenvalue weighted by Crippen LogP contribution is 2.20. The summed E-state index contributed by atoms with van der Waals surface area (Å²) in [7, 11) is 0. The molecule has 6 heteroatoms. The molecule has 1 unspecified atom stereocenters. The Bertz CT molecular complexity index is 380. The number of carbonyl (C=O) groups excluding carboxylic acids is 1. The van der Waals surface area contributed by atoms with Gasteiger partial charge in [0, 0.05) is 23.4 Å². The Labute approximate surface area is 103 Å². The molecule has 0 saturated carbocycles. The molecule has 1 N–H and O–H groups in total. The van der Waals surface area contributed by atoms with Crippen LogP contribution >= 0.6 is 24.0 Å². The molecule has 88 valence electrons. The molecule has 1 saturated heterocycles. The van der Waals surface area contributed by atoms with Crippen molar-refractivity contribution >= 4 is 29.9 Å². The second-order valence-corrected chi connectivity index (χ2v) is 5.02. The maximum Gasteiger partial charge on any atom is 0.264 e. The van der Waals surface area contributed by atoms with Gasteiger partial charge in [0.25, 0.3) is 5.91 Å². The minimum Gasteiger partial charge on any atom is -0.394 e. The molecule has 1 aliphatic rings. The van der Waals surface area contributed by atoms with E-state index in [1.54, 1.807) is 11.0 Å². The fraction of sp³-hybridized carbons (Fsp3) is 0.500. The van der Waals surface area contributed by atoms with Crippen molar-refractivity contribution in [2.75, 3.05) is 26.3 Å². The van der Waals surface area contributed by atoms with Gasteiger partial charge in [-0.1, -0.05) is 0 Å². The van der Waals surface area contributed by atoms with E-state index in [4.69, 9.17) is 9.84 Å². The fourth-order valence-corrected chi connectivity index (χ4v) is 2.72. The molecule has 1 aromatic heterocycles. The van der Waals surface area contributed by atoms with Crippen molar-refractivity contribution in [1.82, 2.24) is 4.90 Å². The molecule has 2 heterocycles. The van der Waals surface area contributed by atoms with E-state index in [2.05, 4.69) is 12.6 Å². The lowest BCUT2D eigenvalue weighted by molar-refractivity contribution is -0.0446. The van der Waals surface area contributed by atoms with Crippen LogP contribution in [0.1, 0.15) is 9.67 Å². The molecule has 1 amide bonds. The van der Waals surface area contributed by atoms with Crippen LogP contribution in [0, 0.1) is 0 Å². The highest BCUT2D eigenvalue weighted by Gasteiger charge is 2.25. The summed E-state index contributed by atoms with van der Waals surface area (Å²) >= 11 is 5.56. The topological polar surface area (TPSA) is 49.8 Å². The van der Waals surface area contributed by atoms with E-state index < -0.39 is 0 Å². The smallest absolute Gasteiger partial charge is 0.264 e. The number of hydrogen-bond donors (Lipinski definition) is 2. The monoisotopic (exact) mass is 259 g/mol. The zero-order valence-electron chi connectivity index (χ0n) is 8.63. The van der Waals surface area contributed by atoms with Crippen LogP contribution in [0.15, 0.2) is 16.3 Å². The number of aliphatic hydroxyl groups excluding tert-OH is 1. The molecule has 0 spiro atoms. The number of aliphatic hydroxyl groups is 1. The van der Waals surface area contributed by atoms with Crippen molar-refractivity contribution in [2.45, 2.75) is 11.0 Å². The van der Waals surface area contributed by atoms with Crippen LogP contribution in [0.3, 0.4) is 0 Å². The highest BCUT2D eigenvalue weighted by molar-refractivity contribution is 7.80. The molecular weight excluding hydrogens is 246 g/mol. The lowest BCUT2D eigenvalue weighted by Crippen LogP contribution is -2.46. The van der Waals surface area contributed by atoms with Crippen molar-refractivity contribution in [3.8, 4) is 0 Å². The highest BCUT2D eigenvalue weighted by atomic mass is 32.1. The lowest BCUT2D eigenvalue weighted by atomic mass is 10.2. The minimum absolute atomic E-state index is 0.00736. The molecule has 2 rings (SSSR count). The van der Waals surface area contributed by atoms with E-state index in [1.807, 2.05) is 5.38 Å². The van der Waals surface area contributed by atoms with Gasteiger partial charge in [0.05, 0.1) is 24.2 Å². The second kappa shape index (κ2) is 5.18. The standard InChI is InChI=1S/C10H13NO3S2/c12-5-7-4-11(1-2-14-7)10(13)9-3-8(15)6-16-9/h3,6-7,12,15H,1-2,4-5H2. The average Bonchev–Trinajstić information content (AvgIpc) is 2.75. The minimum atomic E-state index is -0.256. The van der Waals surface area contributed by atoms with E-state index in [-0.39, 0.29) is 18.6 Å². The molecule has 0 radical (unpaired) electrons. The Morgan fingerprint density at radius 1 is 1.75 bits per heavy atom. The molecule has 0 aromatic carbocycles. The van der Waals surface area contributed by atoms with E-state index in [1.165, 1.54) is 11.3 Å². The fourth-order valence-electron chi connectivity index (χ4n) is 1.61. The van der Waals surface area contributed by atoms with Crippen LogP contribution in [-0.4, -0.2) is 48.3 Å². The number of amides is 1. The third-order valence-corrected chi connectivity index (χ3v) is 3.78. The van der Waals surface area contributed by atoms with Crippen molar-refractivity contribution in [3.63, 3.8) is 0 Å². The quantitative estimate of drug-likeness (QED) is 0.775. The Morgan fingerprint density at radius 3 is 3.19 bits per heavy atom. The van der Waals surface area contributed by atoms with E-state index in [0.717, 1.165) is 4.90 Å². The molecular formula is C10H13NO3S2. The first-order valence-electron chi connectivity index (χ1n) is 5.00. The Balaban J connectivity index is 2.04. The Hall–Kier alpha value is -0.560. The summed E-state index contributed by atoms with van der Waals surface area (Å²) in [5.74, 6) is -0.00736. The summed E-state index contributed by atoms with van der Waals surface area (Å²) in [4.78, 5) is 15.2. The number of hydrogen-bond acceptors (Lipinski definition) is 5. The van der Waals surface area contributed by atoms with Crippen LogP contribution in [0.4, 0.5) is 0 Å². The van der Waals surface area contributed by atoms with E-state index in [9.17, 15) is 4.79 Å². The van der Waals surface area contributed by atoms with Crippen molar-refractivity contribution < 1.29 is 14.6 Å². The largest absolute Gasteiger partial charge is 0.394 e. The van der Waals surface area contributed by atoms with Crippen LogP contribution in [0.2, 0.25) is 0 Å². The maximum absolute atomic E-state index is 12.0. The predicted octanol–water partition coefficient (Wildman–Crippen LogP) is 0.870. The average molecular weight is 259 g/mol. The van der Waals surface area contributed by atoms with E-state index >= 15 is 0 Å². The van der Waals surface area contributed by atoms with Gasteiger partial charge in [-0.25, -0.2) is 0 Å². The summed E-state index contributed by atoms with van der Waals surface area (Å²) in [5.41, 5.74) is 0. The molecule has 0 aliphatic carbocycles. The van der Waals surface area contributed by atoms with Gasteiger partial charge in [-0.05, 0) is 6.07 Å². The van der Waals surface area contributed by atoms with Crippen molar-refractivity contribution in [3.05, 3.63) is 16.3 Å². The molecule has 1 atom stereocenters. The molecule has 1 aromatic rings. The first kappa shape index (κ1) is 11.9. The maximum atomic E-state index is 12.0. The number of thiol groups is 1. The third-order valence-electron chi connectivity index (χ3n) is 2.43. The summed E-state index contributed by atoms with van der Waals surface area (Å²) in [5, 5.41) is 10.8. The normalized spacial score (nSPS) is 21.1. The number of ether oxygens (including phenoxy) is 1. The van der Waals surface area contributed by atoms with Gasteiger partial charge in [0.1, 0.15) is 0 Å². The molecule has 1 aliphatic heterocycles. The van der Waals surface area contributed by atoms with E-state index in [0.29, 0.717) is 24.6 Å². The van der Waals surface area contributed by atoms with Gasteiger partial charge in [-0.15, -0.1) is 24.0 Å². The Kier molecular flexibility index (Phi) is 3.86. The summed E-state index contributed by atoms with van der Waals surface area (Å²) in [6, 6.07) is 1.76. The van der Waals surface area contributed by atoms with Gasteiger partial charge in [-0.3, -0.25) is 4.79 Å². The van der Waals surface area contributed by atoms with Crippen LogP contribution in [0.25, 0.3) is 0 Å². The lowest BCUT2D eigenvalue weighted by Gasteiger charge is -2.31. The summed E-state index contributed by atoms with van der Waals surface area (Å²) in [6.45, 7) is 1.46. The van der Waals surface area contributed by atoms with Gasteiger partial charge in [-0.2, -0.15) is 0 Å². The number of thiophene rings is 1. The van der Waals surface area contributed by atoms with Crippen LogP contribution in [-0.2, 0) is 4.74 Å². The van der Waals surface area contributed by atoms with Crippen molar-refractivity contribution in [2.24, 2.45) is 0 Å². The van der Waals surface area contributed by atoms with Crippen LogP contribution < -0.4 is 0 Å². The van der Waals surface area contributed by atoms with Crippen molar-refractivity contribution in [1.29, 1.82) is 0 Å². The summed E-state index contributed by atoms with van der Waals surface area (Å²) in [6.07, 6.45) is -0.256.